The Labute approximate surface area is 129 Å². The molecule has 3 heterocycles. The Kier molecular flexibility index (Phi) is 3.80. The van der Waals surface area contributed by atoms with E-state index in [0.29, 0.717) is 11.6 Å². The summed E-state index contributed by atoms with van der Waals surface area (Å²) in [6.07, 6.45) is 1.82. The maximum Gasteiger partial charge on any atom is 0.248 e. The number of pyridine rings is 1. The molecule has 2 aliphatic rings. The number of amides is 1. The predicted molar refractivity (Wildman–Crippen MR) is 81.8 cm³/mol. The molecule has 114 valence electrons. The van der Waals surface area contributed by atoms with Gasteiger partial charge in [-0.05, 0) is 31.9 Å². The van der Waals surface area contributed by atoms with Crippen molar-refractivity contribution in [1.82, 2.24) is 9.88 Å². The molecule has 0 radical (unpaired) electrons. The van der Waals surface area contributed by atoms with E-state index in [0.717, 1.165) is 37.4 Å². The lowest BCUT2D eigenvalue weighted by atomic mass is 9.89. The molecular formula is C15H20ClN3O2. The van der Waals surface area contributed by atoms with Crippen molar-refractivity contribution < 1.29 is 9.53 Å². The Morgan fingerprint density at radius 2 is 2.05 bits per heavy atom. The highest BCUT2D eigenvalue weighted by Gasteiger charge is 2.41. The van der Waals surface area contributed by atoms with Crippen molar-refractivity contribution in [2.24, 2.45) is 0 Å². The van der Waals surface area contributed by atoms with E-state index in [4.69, 9.17) is 16.3 Å². The summed E-state index contributed by atoms with van der Waals surface area (Å²) < 4.78 is 5.86. The molecule has 21 heavy (non-hydrogen) atoms. The first-order valence-electron chi connectivity index (χ1n) is 7.25. The molecule has 3 rings (SSSR count). The van der Waals surface area contributed by atoms with Gasteiger partial charge in [0.25, 0.3) is 0 Å². The monoisotopic (exact) mass is 309 g/mol. The molecule has 6 heteroatoms. The summed E-state index contributed by atoms with van der Waals surface area (Å²) >= 11 is 6.03. The molecule has 2 saturated heterocycles. The zero-order chi connectivity index (χ0) is 15.0. The number of piperidine rings is 1. The Balaban J connectivity index is 1.67. The topological polar surface area (TPSA) is 45.7 Å². The van der Waals surface area contributed by atoms with Gasteiger partial charge in [-0.1, -0.05) is 11.6 Å². The second-order valence-corrected chi connectivity index (χ2v) is 6.35. The number of likely N-dealkylation sites (N-methyl/N-ethyl adjacent to an activating group) is 1. The van der Waals surface area contributed by atoms with E-state index >= 15 is 0 Å². The Bertz CT molecular complexity index is 556. The van der Waals surface area contributed by atoms with Crippen LogP contribution in [0.25, 0.3) is 0 Å². The number of hydrogen-bond acceptors (Lipinski definition) is 4. The van der Waals surface area contributed by atoms with Gasteiger partial charge in [0.15, 0.2) is 0 Å². The minimum atomic E-state index is -0.180. The average Bonchev–Trinajstić information content (AvgIpc) is 2.47. The van der Waals surface area contributed by atoms with Crippen molar-refractivity contribution >= 4 is 23.3 Å². The quantitative estimate of drug-likeness (QED) is 0.794. The Hall–Kier alpha value is -1.33. The number of rotatable bonds is 1. The summed E-state index contributed by atoms with van der Waals surface area (Å²) in [5, 5.41) is 0.697. The van der Waals surface area contributed by atoms with Crippen molar-refractivity contribution in [3.05, 3.63) is 22.8 Å². The van der Waals surface area contributed by atoms with Gasteiger partial charge in [0.05, 0.1) is 16.3 Å². The standard InChI is InChI=1S/C15H20ClN3O2/c1-11-12(16)3-4-13(17-11)19-7-5-15(6-8-19)10-18(2)14(20)9-21-15/h3-4H,5-10H2,1-2H3. The molecule has 1 aromatic heterocycles. The van der Waals surface area contributed by atoms with Crippen LogP contribution in [0, 0.1) is 6.92 Å². The molecular weight excluding hydrogens is 290 g/mol. The summed E-state index contributed by atoms with van der Waals surface area (Å²) in [6, 6.07) is 3.86. The number of anilines is 1. The highest BCUT2D eigenvalue weighted by atomic mass is 35.5. The fourth-order valence-electron chi connectivity index (χ4n) is 3.04. The molecule has 0 atom stereocenters. The van der Waals surface area contributed by atoms with E-state index in [9.17, 15) is 4.79 Å². The van der Waals surface area contributed by atoms with Crippen LogP contribution in [0.1, 0.15) is 18.5 Å². The molecule has 1 amide bonds. The summed E-state index contributed by atoms with van der Waals surface area (Å²) in [4.78, 5) is 20.1. The third kappa shape index (κ3) is 2.85. The fourth-order valence-corrected chi connectivity index (χ4v) is 3.15. The first kappa shape index (κ1) is 14.6. The Morgan fingerprint density at radius 3 is 2.67 bits per heavy atom. The average molecular weight is 310 g/mol. The number of ether oxygens (including phenoxy) is 1. The molecule has 0 aromatic carbocycles. The van der Waals surface area contributed by atoms with Crippen LogP contribution in [0.15, 0.2) is 12.1 Å². The van der Waals surface area contributed by atoms with E-state index in [1.807, 2.05) is 26.1 Å². The van der Waals surface area contributed by atoms with Gasteiger partial charge in [-0.3, -0.25) is 4.79 Å². The normalized spacial score (nSPS) is 22.0. The number of halogens is 1. The van der Waals surface area contributed by atoms with Crippen molar-refractivity contribution in [2.75, 3.05) is 38.2 Å². The summed E-state index contributed by atoms with van der Waals surface area (Å²) in [5.74, 6) is 1.03. The van der Waals surface area contributed by atoms with Crippen LogP contribution in [0.2, 0.25) is 5.02 Å². The van der Waals surface area contributed by atoms with Gasteiger partial charge < -0.3 is 14.5 Å². The molecule has 5 nitrogen and oxygen atoms in total. The van der Waals surface area contributed by atoms with E-state index in [1.54, 1.807) is 4.90 Å². The fraction of sp³-hybridized carbons (Fsp3) is 0.600. The molecule has 0 aliphatic carbocycles. The smallest absolute Gasteiger partial charge is 0.248 e. The van der Waals surface area contributed by atoms with Crippen molar-refractivity contribution in [2.45, 2.75) is 25.4 Å². The van der Waals surface area contributed by atoms with E-state index in [1.165, 1.54) is 0 Å². The molecule has 0 saturated carbocycles. The zero-order valence-corrected chi connectivity index (χ0v) is 13.2. The number of carbonyl (C=O) groups excluding carboxylic acids is 1. The maximum atomic E-state index is 11.5. The maximum absolute atomic E-state index is 11.5. The molecule has 0 bridgehead atoms. The third-order valence-electron chi connectivity index (χ3n) is 4.46. The van der Waals surface area contributed by atoms with Crippen molar-refractivity contribution in [3.63, 3.8) is 0 Å². The van der Waals surface area contributed by atoms with Crippen LogP contribution in [0.4, 0.5) is 5.82 Å². The summed E-state index contributed by atoms with van der Waals surface area (Å²) in [5.41, 5.74) is 0.675. The lowest BCUT2D eigenvalue weighted by Gasteiger charge is -2.46. The lowest BCUT2D eigenvalue weighted by molar-refractivity contribution is -0.164. The van der Waals surface area contributed by atoms with Gasteiger partial charge in [-0.15, -0.1) is 0 Å². The molecule has 1 spiro atoms. The molecule has 2 fully saturated rings. The predicted octanol–water partition coefficient (Wildman–Crippen LogP) is 1.87. The van der Waals surface area contributed by atoms with Crippen LogP contribution < -0.4 is 4.90 Å². The number of aromatic nitrogens is 1. The van der Waals surface area contributed by atoms with Gasteiger partial charge >= 0.3 is 0 Å². The highest BCUT2D eigenvalue weighted by Crippen LogP contribution is 2.32. The van der Waals surface area contributed by atoms with Crippen LogP contribution in [0.3, 0.4) is 0 Å². The third-order valence-corrected chi connectivity index (χ3v) is 4.86. The van der Waals surface area contributed by atoms with Crippen LogP contribution >= 0.6 is 11.6 Å². The van der Waals surface area contributed by atoms with Crippen molar-refractivity contribution in [1.29, 1.82) is 0 Å². The number of aryl methyl sites for hydroxylation is 1. The largest absolute Gasteiger partial charge is 0.363 e. The number of morpholine rings is 1. The molecule has 1 aromatic rings. The van der Waals surface area contributed by atoms with E-state index in [-0.39, 0.29) is 18.1 Å². The van der Waals surface area contributed by atoms with Gasteiger partial charge in [0.1, 0.15) is 12.4 Å². The molecule has 0 unspecified atom stereocenters. The molecule has 2 aliphatic heterocycles. The van der Waals surface area contributed by atoms with Gasteiger partial charge in [-0.2, -0.15) is 0 Å². The summed E-state index contributed by atoms with van der Waals surface area (Å²) in [6.45, 7) is 4.58. The lowest BCUT2D eigenvalue weighted by Crippen LogP contribution is -2.57. The van der Waals surface area contributed by atoms with Crippen LogP contribution in [-0.4, -0.2) is 54.7 Å². The number of nitrogens with zero attached hydrogens (tertiary/aromatic N) is 3. The SMILES string of the molecule is Cc1nc(N2CCC3(CC2)CN(C)C(=O)CO3)ccc1Cl. The minimum absolute atomic E-state index is 0.0676. The summed E-state index contributed by atoms with van der Waals surface area (Å²) in [7, 11) is 1.85. The Morgan fingerprint density at radius 1 is 1.33 bits per heavy atom. The second-order valence-electron chi connectivity index (χ2n) is 5.95. The van der Waals surface area contributed by atoms with Crippen LogP contribution in [-0.2, 0) is 9.53 Å². The molecule has 0 N–H and O–H groups in total. The van der Waals surface area contributed by atoms with E-state index in [2.05, 4.69) is 9.88 Å². The van der Waals surface area contributed by atoms with Gasteiger partial charge in [0, 0.05) is 26.7 Å². The second kappa shape index (κ2) is 5.46. The zero-order valence-electron chi connectivity index (χ0n) is 12.4. The van der Waals surface area contributed by atoms with Gasteiger partial charge in [0.2, 0.25) is 5.91 Å². The first-order valence-corrected chi connectivity index (χ1v) is 7.63. The first-order chi connectivity index (χ1) is 9.99. The number of hydrogen-bond donors (Lipinski definition) is 0. The van der Waals surface area contributed by atoms with E-state index < -0.39 is 0 Å². The minimum Gasteiger partial charge on any atom is -0.363 e. The van der Waals surface area contributed by atoms with Crippen LogP contribution in [0.5, 0.6) is 0 Å². The number of carbonyl (C=O) groups is 1. The van der Waals surface area contributed by atoms with Crippen molar-refractivity contribution in [3.8, 4) is 0 Å². The van der Waals surface area contributed by atoms with Gasteiger partial charge in [-0.25, -0.2) is 4.98 Å². The highest BCUT2D eigenvalue weighted by molar-refractivity contribution is 6.31.